The van der Waals surface area contributed by atoms with Crippen LogP contribution in [0.25, 0.3) is 0 Å². The lowest BCUT2D eigenvalue weighted by Crippen LogP contribution is -2.44. The van der Waals surface area contributed by atoms with Gasteiger partial charge in [0.1, 0.15) is 5.56 Å². The zero-order valence-electron chi connectivity index (χ0n) is 17.2. The van der Waals surface area contributed by atoms with Crippen molar-refractivity contribution < 1.29 is 19.1 Å². The van der Waals surface area contributed by atoms with Crippen molar-refractivity contribution in [3.05, 3.63) is 30.1 Å². The van der Waals surface area contributed by atoms with E-state index in [4.69, 9.17) is 9.57 Å². The minimum atomic E-state index is -0.268. The van der Waals surface area contributed by atoms with Crippen molar-refractivity contribution in [2.24, 2.45) is 11.8 Å². The number of ether oxygens (including phenoxy) is 1. The number of nitrogens with zero attached hydrogens (tertiary/aromatic N) is 1. The first-order valence-corrected chi connectivity index (χ1v) is 10.5. The lowest BCUT2D eigenvalue weighted by atomic mass is 10.0. The van der Waals surface area contributed by atoms with E-state index >= 15 is 0 Å². The molecular weight excluding hydrogens is 326 g/mol. The van der Waals surface area contributed by atoms with E-state index in [-0.39, 0.29) is 5.97 Å². The third-order valence-electron chi connectivity index (χ3n) is 5.01. The summed E-state index contributed by atoms with van der Waals surface area (Å²) in [5.41, 5.74) is 0.541. The van der Waals surface area contributed by atoms with Gasteiger partial charge in [-0.15, -0.1) is 0 Å². The lowest BCUT2D eigenvalue weighted by Gasteiger charge is -2.14. The van der Waals surface area contributed by atoms with Gasteiger partial charge in [-0.05, 0) is 37.2 Å². The Bertz CT molecular complexity index is 504. The molecule has 4 heteroatoms. The van der Waals surface area contributed by atoms with Gasteiger partial charge < -0.3 is 4.74 Å². The van der Waals surface area contributed by atoms with Crippen LogP contribution in [-0.4, -0.2) is 19.2 Å². The summed E-state index contributed by atoms with van der Waals surface area (Å²) < 4.78 is 7.16. The second-order valence-corrected chi connectivity index (χ2v) is 7.18. The molecule has 0 fully saturated rings. The molecule has 26 heavy (non-hydrogen) atoms. The van der Waals surface area contributed by atoms with Crippen LogP contribution >= 0.6 is 0 Å². The normalized spacial score (nSPS) is 13.2. The maximum Gasteiger partial charge on any atom is 0.344 e. The van der Waals surface area contributed by atoms with Crippen LogP contribution in [0, 0.1) is 11.8 Å². The van der Waals surface area contributed by atoms with E-state index < -0.39 is 0 Å². The molecule has 1 rings (SSSR count). The van der Waals surface area contributed by atoms with Crippen LogP contribution in [0.5, 0.6) is 0 Å². The molecule has 0 spiro atoms. The standard InChI is InChI=1S/C22H38NO3/c1-5-9-12-19(7-3)17-25-22(24)21-14-11-15-23(16-21)26-18-20(8-4)13-10-6-2/h11,14-16,19-20H,5-10,12-13,17-18H2,1-4H3/q+1. The Morgan fingerprint density at radius 3 is 2.19 bits per heavy atom. The van der Waals surface area contributed by atoms with Gasteiger partial charge in [-0.1, -0.05) is 59.8 Å². The largest absolute Gasteiger partial charge is 0.462 e. The molecule has 1 aromatic heterocycles. The topological polar surface area (TPSA) is 39.4 Å². The van der Waals surface area contributed by atoms with Gasteiger partial charge in [-0.2, -0.15) is 0 Å². The first kappa shape index (κ1) is 22.5. The third-order valence-corrected chi connectivity index (χ3v) is 5.01. The highest BCUT2D eigenvalue weighted by atomic mass is 16.7. The summed E-state index contributed by atoms with van der Waals surface area (Å²) in [6.07, 6.45) is 12.8. The molecule has 0 saturated carbocycles. The SMILES string of the molecule is CCCCC(CC)COC(=O)c1ccc[n+](OCC(CC)CCCC)c1. The van der Waals surface area contributed by atoms with E-state index in [9.17, 15) is 4.79 Å². The van der Waals surface area contributed by atoms with Gasteiger partial charge >= 0.3 is 5.97 Å². The summed E-state index contributed by atoms with van der Waals surface area (Å²) in [6.45, 7) is 9.93. The molecule has 4 nitrogen and oxygen atoms in total. The number of hydrogen-bond donors (Lipinski definition) is 0. The molecule has 0 aromatic carbocycles. The van der Waals surface area contributed by atoms with E-state index in [0.29, 0.717) is 30.6 Å². The van der Waals surface area contributed by atoms with Gasteiger partial charge in [0, 0.05) is 10.8 Å². The van der Waals surface area contributed by atoms with Crippen LogP contribution in [0.15, 0.2) is 24.5 Å². The fourth-order valence-electron chi connectivity index (χ4n) is 2.92. The van der Waals surface area contributed by atoms with Gasteiger partial charge in [-0.25, -0.2) is 4.79 Å². The van der Waals surface area contributed by atoms with Crippen molar-refractivity contribution in [1.29, 1.82) is 0 Å². The predicted octanol–water partition coefficient (Wildman–Crippen LogP) is 4.99. The highest BCUT2D eigenvalue weighted by Crippen LogP contribution is 2.14. The Labute approximate surface area is 159 Å². The molecule has 0 bridgehead atoms. The minimum Gasteiger partial charge on any atom is -0.462 e. The quantitative estimate of drug-likeness (QED) is 0.345. The Balaban J connectivity index is 2.52. The number of unbranched alkanes of at least 4 members (excludes halogenated alkanes) is 2. The molecule has 2 unspecified atom stereocenters. The monoisotopic (exact) mass is 364 g/mol. The molecule has 0 aliphatic rings. The number of pyridine rings is 1. The molecule has 0 saturated heterocycles. The number of esters is 1. The summed E-state index contributed by atoms with van der Waals surface area (Å²) in [4.78, 5) is 18.2. The predicted molar refractivity (Wildman–Crippen MR) is 105 cm³/mol. The maximum absolute atomic E-state index is 12.3. The summed E-state index contributed by atoms with van der Waals surface area (Å²) in [5.74, 6) is 0.743. The Kier molecular flexibility index (Phi) is 11.7. The number of carbonyl (C=O) groups is 1. The summed E-state index contributed by atoms with van der Waals surface area (Å²) in [5, 5.41) is 0. The van der Waals surface area contributed by atoms with Crippen molar-refractivity contribution in [3.8, 4) is 0 Å². The Morgan fingerprint density at radius 1 is 1.00 bits per heavy atom. The Hall–Kier alpha value is -1.58. The summed E-state index contributed by atoms with van der Waals surface area (Å²) >= 11 is 0. The summed E-state index contributed by atoms with van der Waals surface area (Å²) in [7, 11) is 0. The average molecular weight is 365 g/mol. The molecule has 1 aromatic rings. The zero-order valence-corrected chi connectivity index (χ0v) is 17.2. The fourth-order valence-corrected chi connectivity index (χ4v) is 2.92. The Morgan fingerprint density at radius 2 is 1.62 bits per heavy atom. The summed E-state index contributed by atoms with van der Waals surface area (Å²) in [6, 6.07) is 3.61. The number of rotatable bonds is 14. The molecule has 148 valence electrons. The van der Waals surface area contributed by atoms with E-state index in [0.717, 1.165) is 19.3 Å². The highest BCUT2D eigenvalue weighted by molar-refractivity contribution is 5.88. The zero-order chi connectivity index (χ0) is 19.2. The molecule has 0 radical (unpaired) electrons. The van der Waals surface area contributed by atoms with Crippen molar-refractivity contribution in [2.75, 3.05) is 13.2 Å². The van der Waals surface area contributed by atoms with E-state index in [1.807, 2.05) is 12.3 Å². The minimum absolute atomic E-state index is 0.268. The number of aromatic nitrogens is 1. The molecular formula is C22H38NO3+. The van der Waals surface area contributed by atoms with Crippen LogP contribution in [0.4, 0.5) is 0 Å². The second kappa shape index (κ2) is 13.6. The van der Waals surface area contributed by atoms with Crippen LogP contribution in [0.3, 0.4) is 0 Å². The van der Waals surface area contributed by atoms with Crippen molar-refractivity contribution in [1.82, 2.24) is 0 Å². The van der Waals surface area contributed by atoms with Gasteiger partial charge in [0.05, 0.1) is 6.61 Å². The van der Waals surface area contributed by atoms with Crippen molar-refractivity contribution >= 4 is 5.97 Å². The van der Waals surface area contributed by atoms with Crippen LogP contribution < -0.4 is 9.57 Å². The third kappa shape index (κ3) is 8.68. The first-order valence-electron chi connectivity index (χ1n) is 10.5. The van der Waals surface area contributed by atoms with Gasteiger partial charge in [-0.3, -0.25) is 4.84 Å². The maximum atomic E-state index is 12.3. The number of carbonyl (C=O) groups excluding carboxylic acids is 1. The van der Waals surface area contributed by atoms with Crippen LogP contribution in [0.2, 0.25) is 0 Å². The highest BCUT2D eigenvalue weighted by Gasteiger charge is 2.17. The average Bonchev–Trinajstić information content (AvgIpc) is 2.68. The van der Waals surface area contributed by atoms with Gasteiger partial charge in [0.25, 0.3) is 0 Å². The van der Waals surface area contributed by atoms with Crippen LogP contribution in [0.1, 0.15) is 89.4 Å². The van der Waals surface area contributed by atoms with E-state index in [2.05, 4.69) is 27.7 Å². The molecule has 0 aliphatic heterocycles. The molecule has 2 atom stereocenters. The lowest BCUT2D eigenvalue weighted by molar-refractivity contribution is -0.892. The van der Waals surface area contributed by atoms with E-state index in [1.54, 1.807) is 17.0 Å². The second-order valence-electron chi connectivity index (χ2n) is 7.18. The molecule has 0 aliphatic carbocycles. The molecule has 1 heterocycles. The molecule has 0 N–H and O–H groups in total. The van der Waals surface area contributed by atoms with Crippen LogP contribution in [-0.2, 0) is 4.74 Å². The van der Waals surface area contributed by atoms with Crippen molar-refractivity contribution in [2.45, 2.75) is 79.1 Å². The molecule has 0 amide bonds. The van der Waals surface area contributed by atoms with E-state index in [1.165, 1.54) is 32.1 Å². The fraction of sp³-hybridized carbons (Fsp3) is 0.727. The first-order chi connectivity index (χ1) is 12.6. The van der Waals surface area contributed by atoms with Crippen molar-refractivity contribution in [3.63, 3.8) is 0 Å². The van der Waals surface area contributed by atoms with Gasteiger partial charge in [0.2, 0.25) is 12.4 Å². The van der Waals surface area contributed by atoms with Gasteiger partial charge in [0.15, 0.2) is 6.61 Å². The number of hydrogen-bond acceptors (Lipinski definition) is 3. The smallest absolute Gasteiger partial charge is 0.344 e.